The smallest absolute Gasteiger partial charge is 0.414 e. The topological polar surface area (TPSA) is 159 Å². The number of unbranched alkanes of at least 4 members (excludes halogenated alkanes) is 2. The minimum Gasteiger partial charge on any atom is -0.473 e. The maximum atomic E-state index is 9.10. The van der Waals surface area contributed by atoms with Crippen LogP contribution in [0.3, 0.4) is 0 Å². The maximum Gasteiger partial charge on any atom is 0.414 e. The molecule has 0 fully saturated rings. The van der Waals surface area contributed by atoms with E-state index in [-0.39, 0.29) is 0 Å². The van der Waals surface area contributed by atoms with Crippen LogP contribution in [0.15, 0.2) is 21.2 Å². The van der Waals surface area contributed by atoms with Gasteiger partial charge in [0.25, 0.3) is 11.8 Å². The molecule has 40 heavy (non-hydrogen) atoms. The molecule has 0 bridgehead atoms. The lowest BCUT2D eigenvalue weighted by Gasteiger charge is -2.28. The molecule has 12 nitrogen and oxygen atoms in total. The fourth-order valence-electron chi connectivity index (χ4n) is 3.92. The van der Waals surface area contributed by atoms with E-state index in [4.69, 9.17) is 28.8 Å². The molecule has 4 rings (SSSR count). The van der Waals surface area contributed by atoms with E-state index in [1.807, 2.05) is 0 Å². The molecular weight excluding hydrogens is 516 g/mol. The van der Waals surface area contributed by atoms with Gasteiger partial charge >= 0.3 is 11.9 Å². The summed E-state index contributed by atoms with van der Waals surface area (Å²) in [5.41, 5.74) is 2.33. The number of nitrogens with zero attached hydrogens (tertiary/aromatic N) is 6. The first-order valence-corrected chi connectivity index (χ1v) is 14.0. The highest BCUT2D eigenvalue weighted by molar-refractivity contribution is 6.27. The predicted molar refractivity (Wildman–Crippen MR) is 150 cm³/mol. The van der Waals surface area contributed by atoms with E-state index >= 15 is 0 Å². The van der Waals surface area contributed by atoms with Gasteiger partial charge in [-0.25, -0.2) is 9.59 Å². The molecule has 0 amide bonds. The van der Waals surface area contributed by atoms with Gasteiger partial charge in [-0.15, -0.1) is 0 Å². The van der Waals surface area contributed by atoms with Crippen molar-refractivity contribution in [3.8, 4) is 0 Å². The number of aryl methyl sites for hydroxylation is 2. The summed E-state index contributed by atoms with van der Waals surface area (Å²) in [6.07, 6.45) is 12.9. The average Bonchev–Trinajstić information content (AvgIpc) is 3.60. The molecule has 0 aliphatic carbocycles. The molecule has 2 aliphatic rings. The molecule has 2 unspecified atom stereocenters. The van der Waals surface area contributed by atoms with Crippen molar-refractivity contribution in [3.05, 3.63) is 35.6 Å². The van der Waals surface area contributed by atoms with Crippen molar-refractivity contribution in [2.75, 3.05) is 27.2 Å². The Morgan fingerprint density at radius 2 is 1.18 bits per heavy atom. The van der Waals surface area contributed by atoms with Gasteiger partial charge in [0.2, 0.25) is 0 Å². The highest BCUT2D eigenvalue weighted by atomic mass is 16.5. The summed E-state index contributed by atoms with van der Waals surface area (Å²) in [6, 6.07) is 1.20. The van der Waals surface area contributed by atoms with E-state index < -0.39 is 11.9 Å². The molecule has 222 valence electrons. The molecule has 12 heteroatoms. The third-order valence-corrected chi connectivity index (χ3v) is 6.93. The highest BCUT2D eigenvalue weighted by Gasteiger charge is 2.21. The van der Waals surface area contributed by atoms with Crippen molar-refractivity contribution in [1.82, 2.24) is 30.1 Å². The van der Waals surface area contributed by atoms with Crippen molar-refractivity contribution in [1.29, 1.82) is 0 Å². The van der Waals surface area contributed by atoms with Crippen molar-refractivity contribution in [2.24, 2.45) is 0 Å². The molecule has 2 atom stereocenters. The minimum absolute atomic E-state index is 0.598. The second-order valence-electron chi connectivity index (χ2n) is 10.3. The van der Waals surface area contributed by atoms with E-state index in [9.17, 15) is 0 Å². The zero-order chi connectivity index (χ0) is 29.7. The van der Waals surface area contributed by atoms with Crippen LogP contribution in [0.25, 0.3) is 11.1 Å². The summed E-state index contributed by atoms with van der Waals surface area (Å²) in [6.45, 7) is 10.6. The molecule has 0 aromatic carbocycles. The molecule has 0 saturated heterocycles. The van der Waals surface area contributed by atoms with Gasteiger partial charge in [0.05, 0.1) is 0 Å². The van der Waals surface area contributed by atoms with Gasteiger partial charge in [0.15, 0.2) is 11.6 Å². The number of aromatic nitrogens is 4. The molecule has 2 aliphatic heterocycles. The molecule has 2 N–H and O–H groups in total. The Kier molecular flexibility index (Phi) is 13.7. The summed E-state index contributed by atoms with van der Waals surface area (Å²) in [4.78, 5) is 31.7. The first-order chi connectivity index (χ1) is 19.0. The first-order valence-electron chi connectivity index (χ1n) is 14.0. The standard InChI is InChI=1S/2C13H21N3O.C2H2O4/c2*1-4-5-6-12-14-13(17-15-12)11-8-7-10(2)16(3)9-11;3-1(4)2(5)6/h2*8,10H,4-7,9H2,1-3H3;(H,3,4)(H,5,6). The van der Waals surface area contributed by atoms with Gasteiger partial charge in [-0.1, -0.05) is 49.2 Å². The third kappa shape index (κ3) is 10.6. The lowest BCUT2D eigenvalue weighted by molar-refractivity contribution is -0.159. The molecule has 2 aromatic rings. The van der Waals surface area contributed by atoms with E-state index in [1.165, 1.54) is 11.1 Å². The van der Waals surface area contributed by atoms with Gasteiger partial charge < -0.3 is 19.3 Å². The first kappa shape index (κ1) is 32.8. The highest BCUT2D eigenvalue weighted by Crippen LogP contribution is 2.23. The summed E-state index contributed by atoms with van der Waals surface area (Å²) < 4.78 is 10.7. The van der Waals surface area contributed by atoms with Crippen molar-refractivity contribution in [2.45, 2.75) is 91.1 Å². The fourth-order valence-corrected chi connectivity index (χ4v) is 3.92. The minimum atomic E-state index is -1.82. The van der Waals surface area contributed by atoms with Crippen LogP contribution in [0, 0.1) is 0 Å². The van der Waals surface area contributed by atoms with E-state index in [1.54, 1.807) is 0 Å². The molecule has 0 saturated carbocycles. The number of hydrogen-bond acceptors (Lipinski definition) is 10. The fraction of sp³-hybridized carbons (Fsp3) is 0.643. The quantitative estimate of drug-likeness (QED) is 0.444. The Morgan fingerprint density at radius 3 is 1.48 bits per heavy atom. The van der Waals surface area contributed by atoms with E-state index in [0.29, 0.717) is 23.9 Å². The number of hydrogen-bond donors (Lipinski definition) is 2. The monoisotopic (exact) mass is 560 g/mol. The van der Waals surface area contributed by atoms with Gasteiger partial charge in [0, 0.05) is 49.2 Å². The van der Waals surface area contributed by atoms with Crippen LogP contribution in [0.1, 0.15) is 89.7 Å². The van der Waals surface area contributed by atoms with Gasteiger partial charge in [-0.3, -0.25) is 9.80 Å². The van der Waals surface area contributed by atoms with Crippen LogP contribution in [0.2, 0.25) is 0 Å². The molecule has 2 aromatic heterocycles. The second kappa shape index (κ2) is 16.7. The number of carbonyl (C=O) groups is 2. The zero-order valence-corrected chi connectivity index (χ0v) is 24.6. The van der Waals surface area contributed by atoms with Crippen LogP contribution in [-0.2, 0) is 22.4 Å². The molecule has 4 heterocycles. The summed E-state index contributed by atoms with van der Waals surface area (Å²) >= 11 is 0. The van der Waals surface area contributed by atoms with Gasteiger partial charge in [-0.05, 0) is 53.6 Å². The Labute approximate surface area is 236 Å². The Hall–Kier alpha value is -3.38. The molecule has 0 radical (unpaired) electrons. The van der Waals surface area contributed by atoms with Crippen LogP contribution in [-0.4, -0.2) is 91.5 Å². The molecular formula is C28H44N6O6. The number of carboxylic acid groups (broad SMARTS) is 2. The summed E-state index contributed by atoms with van der Waals surface area (Å²) in [5, 5.41) is 22.8. The average molecular weight is 561 g/mol. The number of carboxylic acids is 2. The number of aliphatic carboxylic acids is 2. The van der Waals surface area contributed by atoms with Crippen LogP contribution >= 0.6 is 0 Å². The van der Waals surface area contributed by atoms with Crippen molar-refractivity contribution in [3.63, 3.8) is 0 Å². The van der Waals surface area contributed by atoms with E-state index in [2.05, 4.69) is 84.0 Å². The van der Waals surface area contributed by atoms with Crippen LogP contribution in [0.5, 0.6) is 0 Å². The summed E-state index contributed by atoms with van der Waals surface area (Å²) in [5.74, 6) is -0.567. The SMILES string of the molecule is CCCCc1noc(C2=CCC(C)N(C)C2)n1.CCCCc1noc(C2=CCC(C)N(C)C2)n1.O=C(O)C(=O)O. The lowest BCUT2D eigenvalue weighted by atomic mass is 10.0. The van der Waals surface area contributed by atoms with Crippen molar-refractivity contribution >= 4 is 23.1 Å². The van der Waals surface area contributed by atoms with Crippen LogP contribution < -0.4 is 0 Å². The Balaban J connectivity index is 0.000000234. The third-order valence-electron chi connectivity index (χ3n) is 6.93. The summed E-state index contributed by atoms with van der Waals surface area (Å²) in [7, 11) is 4.26. The number of rotatable bonds is 8. The normalized spacial score (nSPS) is 19.4. The Morgan fingerprint density at radius 1 is 0.800 bits per heavy atom. The lowest BCUT2D eigenvalue weighted by Crippen LogP contribution is -2.33. The predicted octanol–water partition coefficient (Wildman–Crippen LogP) is 4.19. The maximum absolute atomic E-state index is 9.10. The zero-order valence-electron chi connectivity index (χ0n) is 24.6. The van der Waals surface area contributed by atoms with Crippen molar-refractivity contribution < 1.29 is 28.8 Å². The van der Waals surface area contributed by atoms with Gasteiger partial charge in [0.1, 0.15) is 0 Å². The number of likely N-dealkylation sites (N-methyl/N-ethyl adjacent to an activating group) is 2. The van der Waals surface area contributed by atoms with Crippen LogP contribution in [0.4, 0.5) is 0 Å². The second-order valence-corrected chi connectivity index (χ2v) is 10.3. The Bertz CT molecular complexity index is 1050. The molecule has 0 spiro atoms. The van der Waals surface area contributed by atoms with Gasteiger partial charge in [-0.2, -0.15) is 9.97 Å². The largest absolute Gasteiger partial charge is 0.473 e. The van der Waals surface area contributed by atoms with E-state index in [0.717, 1.165) is 76.1 Å².